The molecule has 0 atom stereocenters. The van der Waals surface area contributed by atoms with E-state index in [4.69, 9.17) is 0 Å². The van der Waals surface area contributed by atoms with E-state index < -0.39 is 0 Å². The minimum atomic E-state index is 1.19. The van der Waals surface area contributed by atoms with E-state index in [1.165, 1.54) is 36.5 Å². The summed E-state index contributed by atoms with van der Waals surface area (Å²) in [4.78, 5) is 0. The third-order valence-corrected chi connectivity index (χ3v) is 1.92. The van der Waals surface area contributed by atoms with Crippen LogP contribution in [0.4, 0.5) is 0 Å². The summed E-state index contributed by atoms with van der Waals surface area (Å²) < 4.78 is 1.19. The molecule has 0 radical (unpaired) electrons. The molecule has 0 aliphatic carbocycles. The van der Waals surface area contributed by atoms with Crippen LogP contribution in [0.2, 0.25) is 0 Å². The van der Waals surface area contributed by atoms with E-state index in [1.54, 1.807) is 0 Å². The number of unbranched alkanes of at least 4 members (excludes halogenated alkanes) is 4. The van der Waals surface area contributed by atoms with Gasteiger partial charge in [0.25, 0.3) is 0 Å². The Kier molecular flexibility index (Phi) is 17.4. The topological polar surface area (TPSA) is 12.0 Å². The first-order valence-electron chi connectivity index (χ1n) is 4.89. The molecule has 0 aliphatic heterocycles. The fourth-order valence-electron chi connectivity index (χ4n) is 0.677. The molecule has 0 rings (SSSR count). The average molecular weight is 208 g/mol. The predicted octanol–water partition coefficient (Wildman–Crippen LogP) is 2.88. The molecular formula is C10H23NV. The molecule has 0 bridgehead atoms. The van der Waals surface area contributed by atoms with Crippen molar-refractivity contribution in [1.82, 2.24) is 5.32 Å². The van der Waals surface area contributed by atoms with Crippen molar-refractivity contribution in [2.45, 2.75) is 52.9 Å². The fourth-order valence-corrected chi connectivity index (χ4v) is 0.677. The molecule has 2 heteroatoms. The standard InChI is InChI=1S/C7H16.C3H7N.V/c1-3-5-7-6-4-2;1-3-4-2;/h3-7H2,1-2H3;4H,1-2H3;. The zero-order chi connectivity index (χ0) is 9.82. The van der Waals surface area contributed by atoms with E-state index in [2.05, 4.69) is 36.1 Å². The predicted molar refractivity (Wildman–Crippen MR) is 54.2 cm³/mol. The number of hydrogen-bond acceptors (Lipinski definition) is 1. The van der Waals surface area contributed by atoms with Crippen molar-refractivity contribution in [1.29, 1.82) is 0 Å². The van der Waals surface area contributed by atoms with Crippen LogP contribution in [-0.4, -0.2) is 11.4 Å². The Morgan fingerprint density at radius 2 is 1.42 bits per heavy atom. The molecule has 0 unspecified atom stereocenters. The molecule has 0 saturated carbocycles. The SMILES string of the molecule is CCCCCCC.CN[C](C)=[V]. The quantitative estimate of drug-likeness (QED) is 0.685. The van der Waals surface area contributed by atoms with Crippen LogP contribution < -0.4 is 5.32 Å². The van der Waals surface area contributed by atoms with E-state index in [1.807, 2.05) is 14.0 Å². The van der Waals surface area contributed by atoms with Gasteiger partial charge in [-0.05, 0) is 0 Å². The van der Waals surface area contributed by atoms with Gasteiger partial charge in [0.05, 0.1) is 0 Å². The van der Waals surface area contributed by atoms with Crippen molar-refractivity contribution < 1.29 is 17.0 Å². The molecule has 0 fully saturated rings. The van der Waals surface area contributed by atoms with Crippen molar-refractivity contribution in [2.75, 3.05) is 7.05 Å². The Hall–Kier alpha value is 0.414. The van der Waals surface area contributed by atoms with Crippen LogP contribution >= 0.6 is 0 Å². The molecule has 0 heterocycles. The van der Waals surface area contributed by atoms with Gasteiger partial charge in [-0.25, -0.2) is 0 Å². The van der Waals surface area contributed by atoms with Gasteiger partial charge in [-0.15, -0.1) is 0 Å². The van der Waals surface area contributed by atoms with Crippen LogP contribution in [0.1, 0.15) is 52.9 Å². The maximum absolute atomic E-state index is 2.92. The molecule has 0 spiro atoms. The van der Waals surface area contributed by atoms with Crippen molar-refractivity contribution in [3.8, 4) is 0 Å². The molecule has 0 aromatic carbocycles. The Labute approximate surface area is 86.8 Å². The average Bonchev–Trinajstić information content (AvgIpc) is 2.07. The first kappa shape index (κ1) is 14.9. The van der Waals surface area contributed by atoms with Crippen LogP contribution in [0.3, 0.4) is 0 Å². The minimum absolute atomic E-state index is 1.19. The van der Waals surface area contributed by atoms with Crippen LogP contribution in [-0.2, 0) is 17.0 Å². The summed E-state index contributed by atoms with van der Waals surface area (Å²) in [6.45, 7) is 6.49. The van der Waals surface area contributed by atoms with Gasteiger partial charge in [-0.3, -0.25) is 0 Å². The second kappa shape index (κ2) is 14.0. The van der Waals surface area contributed by atoms with Crippen molar-refractivity contribution >= 4 is 4.35 Å². The summed E-state index contributed by atoms with van der Waals surface area (Å²) in [5.74, 6) is 0. The Balaban J connectivity index is 0. The summed E-state index contributed by atoms with van der Waals surface area (Å²) in [7, 11) is 1.90. The molecule has 12 heavy (non-hydrogen) atoms. The molecule has 0 saturated heterocycles. The van der Waals surface area contributed by atoms with Crippen molar-refractivity contribution in [2.24, 2.45) is 0 Å². The second-order valence-corrected chi connectivity index (χ2v) is 3.94. The molecule has 1 N–H and O–H groups in total. The van der Waals surface area contributed by atoms with Gasteiger partial charge >= 0.3 is 40.6 Å². The van der Waals surface area contributed by atoms with Crippen molar-refractivity contribution in [3.05, 3.63) is 0 Å². The van der Waals surface area contributed by atoms with Gasteiger partial charge in [-0.2, -0.15) is 0 Å². The zero-order valence-corrected chi connectivity index (χ0v) is 10.4. The third-order valence-electron chi connectivity index (χ3n) is 1.57. The van der Waals surface area contributed by atoms with Gasteiger partial charge in [0.15, 0.2) is 0 Å². The monoisotopic (exact) mass is 208 g/mol. The summed E-state index contributed by atoms with van der Waals surface area (Å²) in [6, 6.07) is 0. The zero-order valence-electron chi connectivity index (χ0n) is 8.98. The Bertz CT molecular complexity index is 87.8. The van der Waals surface area contributed by atoms with E-state index in [-0.39, 0.29) is 0 Å². The van der Waals surface area contributed by atoms with Gasteiger partial charge in [0.1, 0.15) is 0 Å². The first-order chi connectivity index (χ1) is 5.68. The molecular weight excluding hydrogens is 185 g/mol. The number of nitrogens with one attached hydrogen (secondary N) is 1. The summed E-state index contributed by atoms with van der Waals surface area (Å²) in [5, 5.41) is 2.92. The van der Waals surface area contributed by atoms with Gasteiger partial charge < -0.3 is 0 Å². The van der Waals surface area contributed by atoms with Crippen LogP contribution in [0.15, 0.2) is 0 Å². The second-order valence-electron chi connectivity index (χ2n) is 2.90. The van der Waals surface area contributed by atoms with E-state index in [0.29, 0.717) is 0 Å². The molecule has 0 aliphatic rings. The first-order valence-corrected chi connectivity index (χ1v) is 5.59. The van der Waals surface area contributed by atoms with Crippen LogP contribution in [0.5, 0.6) is 0 Å². The Morgan fingerprint density at radius 1 is 1.08 bits per heavy atom. The molecule has 73 valence electrons. The number of hydrogen-bond donors (Lipinski definition) is 1. The molecule has 0 aromatic heterocycles. The van der Waals surface area contributed by atoms with Gasteiger partial charge in [0, 0.05) is 0 Å². The Morgan fingerprint density at radius 3 is 1.58 bits per heavy atom. The third kappa shape index (κ3) is 22.4. The molecule has 0 amide bonds. The van der Waals surface area contributed by atoms with Crippen LogP contribution in [0.25, 0.3) is 0 Å². The summed E-state index contributed by atoms with van der Waals surface area (Å²) in [5.41, 5.74) is 0. The van der Waals surface area contributed by atoms with Crippen LogP contribution in [0, 0.1) is 0 Å². The van der Waals surface area contributed by atoms with E-state index in [9.17, 15) is 0 Å². The maximum atomic E-state index is 2.92. The summed E-state index contributed by atoms with van der Waals surface area (Å²) in [6.07, 6.45) is 7.01. The fraction of sp³-hybridized carbons (Fsp3) is 0.900. The van der Waals surface area contributed by atoms with E-state index in [0.717, 1.165) is 0 Å². The van der Waals surface area contributed by atoms with Gasteiger partial charge in [-0.1, -0.05) is 46.0 Å². The van der Waals surface area contributed by atoms with Gasteiger partial charge in [0.2, 0.25) is 0 Å². The molecule has 0 aromatic rings. The normalized spacial score (nSPS) is 8.58. The van der Waals surface area contributed by atoms with Crippen molar-refractivity contribution in [3.63, 3.8) is 0 Å². The molecule has 1 nitrogen and oxygen atoms in total. The summed E-state index contributed by atoms with van der Waals surface area (Å²) >= 11 is 2.41. The number of rotatable bonds is 5. The van der Waals surface area contributed by atoms with E-state index >= 15 is 0 Å².